The molecule has 2 rings (SSSR count). The second kappa shape index (κ2) is 3.13. The van der Waals surface area contributed by atoms with Crippen LogP contribution in [0.15, 0.2) is 0 Å². The third kappa shape index (κ3) is 1.47. The molecule has 3 nitrogen and oxygen atoms in total. The molecule has 72 valence electrons. The molecule has 0 amide bonds. The molecule has 2 heterocycles. The van der Waals surface area contributed by atoms with Crippen LogP contribution in [0.4, 0.5) is 0 Å². The van der Waals surface area contributed by atoms with Crippen molar-refractivity contribution >= 4 is 0 Å². The van der Waals surface area contributed by atoms with Crippen LogP contribution < -0.4 is 0 Å². The summed E-state index contributed by atoms with van der Waals surface area (Å²) in [5, 5.41) is 8.27. The molecule has 0 bridgehead atoms. The van der Waals surface area contributed by atoms with Gasteiger partial charge in [-0.05, 0) is 25.2 Å². The molecule has 0 saturated heterocycles. The minimum Gasteiger partial charge on any atom is -0.315 e. The van der Waals surface area contributed by atoms with Crippen LogP contribution in [-0.2, 0) is 13.0 Å². The van der Waals surface area contributed by atoms with Crippen molar-refractivity contribution in [3.8, 4) is 0 Å². The number of fused-ring (bicyclic) bond motifs is 1. The molecule has 1 aliphatic heterocycles. The van der Waals surface area contributed by atoms with Crippen molar-refractivity contribution in [2.24, 2.45) is 11.8 Å². The summed E-state index contributed by atoms with van der Waals surface area (Å²) in [5.41, 5.74) is 0. The quantitative estimate of drug-likeness (QED) is 0.658. The topological polar surface area (TPSA) is 30.7 Å². The van der Waals surface area contributed by atoms with Crippen LogP contribution in [0.5, 0.6) is 0 Å². The molecule has 0 radical (unpaired) electrons. The lowest BCUT2D eigenvalue weighted by atomic mass is 9.89. The number of aryl methyl sites for hydroxylation is 2. The van der Waals surface area contributed by atoms with Gasteiger partial charge in [0, 0.05) is 13.0 Å². The predicted octanol–water partition coefficient (Wildman–Crippen LogP) is 1.80. The third-order valence-corrected chi connectivity index (χ3v) is 3.11. The molecular formula is C10H17N3. The van der Waals surface area contributed by atoms with Gasteiger partial charge in [-0.15, -0.1) is 10.2 Å². The lowest BCUT2D eigenvalue weighted by Gasteiger charge is -2.26. The number of hydrogen-bond acceptors (Lipinski definition) is 2. The molecule has 13 heavy (non-hydrogen) atoms. The number of hydrogen-bond donors (Lipinski definition) is 0. The van der Waals surface area contributed by atoms with E-state index in [9.17, 15) is 0 Å². The molecule has 1 unspecified atom stereocenters. The number of nitrogens with zero attached hydrogens (tertiary/aromatic N) is 3. The molecule has 1 aromatic heterocycles. The highest BCUT2D eigenvalue weighted by molar-refractivity contribution is 4.98. The van der Waals surface area contributed by atoms with Crippen LogP contribution in [0, 0.1) is 18.8 Å². The first-order valence-electron chi connectivity index (χ1n) is 5.07. The maximum absolute atomic E-state index is 4.16. The molecule has 3 heteroatoms. The lowest BCUT2D eigenvalue weighted by Crippen LogP contribution is -2.24. The summed E-state index contributed by atoms with van der Waals surface area (Å²) in [6, 6.07) is 0. The smallest absolute Gasteiger partial charge is 0.133 e. The van der Waals surface area contributed by atoms with Gasteiger partial charge in [0.1, 0.15) is 11.6 Å². The molecule has 1 aromatic rings. The Bertz CT molecular complexity index is 301. The predicted molar refractivity (Wildman–Crippen MR) is 51.4 cm³/mol. The molecular weight excluding hydrogens is 162 g/mol. The first-order valence-corrected chi connectivity index (χ1v) is 5.07. The van der Waals surface area contributed by atoms with E-state index >= 15 is 0 Å². The van der Waals surface area contributed by atoms with Crippen LogP contribution in [0.25, 0.3) is 0 Å². The molecule has 0 fully saturated rings. The van der Waals surface area contributed by atoms with Gasteiger partial charge in [-0.3, -0.25) is 0 Å². The maximum atomic E-state index is 4.16. The monoisotopic (exact) mass is 179 g/mol. The first-order chi connectivity index (χ1) is 6.18. The Morgan fingerprint density at radius 3 is 2.85 bits per heavy atom. The van der Waals surface area contributed by atoms with Gasteiger partial charge in [-0.1, -0.05) is 13.8 Å². The van der Waals surface area contributed by atoms with Crippen molar-refractivity contribution in [3.05, 3.63) is 11.6 Å². The minimum absolute atomic E-state index is 0.773. The van der Waals surface area contributed by atoms with Gasteiger partial charge in [-0.25, -0.2) is 0 Å². The van der Waals surface area contributed by atoms with Crippen LogP contribution in [0.2, 0.25) is 0 Å². The summed E-state index contributed by atoms with van der Waals surface area (Å²) in [6.45, 7) is 7.76. The maximum Gasteiger partial charge on any atom is 0.133 e. The fourth-order valence-corrected chi connectivity index (χ4v) is 2.03. The highest BCUT2D eigenvalue weighted by Gasteiger charge is 2.23. The van der Waals surface area contributed by atoms with Gasteiger partial charge >= 0.3 is 0 Å². The number of aromatic nitrogens is 3. The zero-order valence-electron chi connectivity index (χ0n) is 8.62. The van der Waals surface area contributed by atoms with Gasteiger partial charge in [0.25, 0.3) is 0 Å². The van der Waals surface area contributed by atoms with Gasteiger partial charge in [0.05, 0.1) is 0 Å². The van der Waals surface area contributed by atoms with E-state index in [1.807, 2.05) is 6.92 Å². The van der Waals surface area contributed by atoms with E-state index < -0.39 is 0 Å². The largest absolute Gasteiger partial charge is 0.315 e. The van der Waals surface area contributed by atoms with E-state index in [0.29, 0.717) is 0 Å². The zero-order valence-corrected chi connectivity index (χ0v) is 8.62. The van der Waals surface area contributed by atoms with E-state index in [-0.39, 0.29) is 0 Å². The second-order valence-corrected chi connectivity index (χ2v) is 4.32. The molecule has 0 saturated carbocycles. The SMILES string of the molecule is Cc1nnc2n1CC(C(C)C)CC2. The van der Waals surface area contributed by atoms with E-state index in [1.165, 1.54) is 12.2 Å². The summed E-state index contributed by atoms with van der Waals surface area (Å²) in [6.07, 6.45) is 2.37. The average Bonchev–Trinajstić information content (AvgIpc) is 2.47. The Kier molecular flexibility index (Phi) is 2.10. The van der Waals surface area contributed by atoms with E-state index in [4.69, 9.17) is 0 Å². The van der Waals surface area contributed by atoms with E-state index in [1.54, 1.807) is 0 Å². The van der Waals surface area contributed by atoms with Crippen molar-refractivity contribution in [1.82, 2.24) is 14.8 Å². The van der Waals surface area contributed by atoms with Crippen molar-refractivity contribution in [2.75, 3.05) is 0 Å². The van der Waals surface area contributed by atoms with Gasteiger partial charge in [0.15, 0.2) is 0 Å². The molecule has 0 aliphatic carbocycles. The van der Waals surface area contributed by atoms with Crippen LogP contribution in [0.3, 0.4) is 0 Å². The molecule has 0 spiro atoms. The Balaban J connectivity index is 2.22. The highest BCUT2D eigenvalue weighted by atomic mass is 15.3. The van der Waals surface area contributed by atoms with Crippen molar-refractivity contribution < 1.29 is 0 Å². The van der Waals surface area contributed by atoms with Gasteiger partial charge in [-0.2, -0.15) is 0 Å². The third-order valence-electron chi connectivity index (χ3n) is 3.11. The van der Waals surface area contributed by atoms with E-state index in [2.05, 4.69) is 28.6 Å². The fourth-order valence-electron chi connectivity index (χ4n) is 2.03. The fraction of sp³-hybridized carbons (Fsp3) is 0.800. The summed E-state index contributed by atoms with van der Waals surface area (Å²) in [5.74, 6) is 3.83. The zero-order chi connectivity index (χ0) is 9.42. The lowest BCUT2D eigenvalue weighted by molar-refractivity contribution is 0.280. The minimum atomic E-state index is 0.773. The standard InChI is InChI=1S/C10H17N3/c1-7(2)9-4-5-10-12-11-8(3)13(10)6-9/h7,9H,4-6H2,1-3H3. The molecule has 0 aromatic carbocycles. The molecule has 0 N–H and O–H groups in total. The van der Waals surface area contributed by atoms with Crippen molar-refractivity contribution in [3.63, 3.8) is 0 Å². The van der Waals surface area contributed by atoms with Crippen LogP contribution in [0.1, 0.15) is 31.9 Å². The number of rotatable bonds is 1. The summed E-state index contributed by atoms with van der Waals surface area (Å²) < 4.78 is 2.27. The molecule has 1 aliphatic rings. The summed E-state index contributed by atoms with van der Waals surface area (Å²) >= 11 is 0. The highest BCUT2D eigenvalue weighted by Crippen LogP contribution is 2.25. The Labute approximate surface area is 79.2 Å². The Morgan fingerprint density at radius 2 is 2.15 bits per heavy atom. The van der Waals surface area contributed by atoms with Gasteiger partial charge in [0.2, 0.25) is 0 Å². The Hall–Kier alpha value is -0.860. The summed E-state index contributed by atoms with van der Waals surface area (Å²) in [4.78, 5) is 0. The van der Waals surface area contributed by atoms with E-state index in [0.717, 1.165) is 30.6 Å². The Morgan fingerprint density at radius 1 is 1.38 bits per heavy atom. The average molecular weight is 179 g/mol. The van der Waals surface area contributed by atoms with Crippen LogP contribution >= 0.6 is 0 Å². The van der Waals surface area contributed by atoms with Crippen molar-refractivity contribution in [2.45, 2.75) is 40.2 Å². The van der Waals surface area contributed by atoms with Crippen molar-refractivity contribution in [1.29, 1.82) is 0 Å². The van der Waals surface area contributed by atoms with Crippen LogP contribution in [-0.4, -0.2) is 14.8 Å². The normalized spacial score (nSPS) is 22.0. The second-order valence-electron chi connectivity index (χ2n) is 4.32. The summed E-state index contributed by atoms with van der Waals surface area (Å²) in [7, 11) is 0. The molecule has 1 atom stereocenters. The van der Waals surface area contributed by atoms with Gasteiger partial charge < -0.3 is 4.57 Å². The first kappa shape index (κ1) is 8.73.